The molecule has 0 unspecified atom stereocenters. The molecule has 0 atom stereocenters. The summed E-state index contributed by atoms with van der Waals surface area (Å²) < 4.78 is 34.5. The van der Waals surface area contributed by atoms with Crippen LogP contribution >= 0.6 is 0 Å². The molecule has 0 aliphatic rings. The number of hydrogen-bond acceptors (Lipinski definition) is 5. The van der Waals surface area contributed by atoms with E-state index in [0.717, 1.165) is 11.0 Å². The van der Waals surface area contributed by atoms with Gasteiger partial charge in [-0.2, -0.15) is 0 Å². The molecule has 3 aromatic carbocycles. The number of nitrogens with one attached hydrogen (secondary N) is 2. The minimum Gasteiger partial charge on any atom is -0.494 e. The summed E-state index contributed by atoms with van der Waals surface area (Å²) in [6, 6.07) is 19.7. The lowest BCUT2D eigenvalue weighted by Crippen LogP contribution is -2.22. The minimum atomic E-state index is -3.76. The Morgan fingerprint density at radius 2 is 1.71 bits per heavy atom. The van der Waals surface area contributed by atoms with Crippen molar-refractivity contribution in [3.05, 3.63) is 84.7 Å². The third-order valence-electron chi connectivity index (χ3n) is 4.52. The number of imidazole rings is 1. The van der Waals surface area contributed by atoms with Gasteiger partial charge < -0.3 is 4.74 Å². The quantitative estimate of drug-likeness (QED) is 0.461. The highest BCUT2D eigenvalue weighted by Gasteiger charge is 2.15. The van der Waals surface area contributed by atoms with Gasteiger partial charge in [-0.15, -0.1) is 0 Å². The van der Waals surface area contributed by atoms with Gasteiger partial charge in [0.2, 0.25) is 0 Å². The van der Waals surface area contributed by atoms with Crippen LogP contribution in [0.5, 0.6) is 5.75 Å². The highest BCUT2D eigenvalue weighted by Crippen LogP contribution is 2.20. The Morgan fingerprint density at radius 3 is 2.42 bits per heavy atom. The molecule has 1 aromatic heterocycles. The zero-order chi connectivity index (χ0) is 21.8. The van der Waals surface area contributed by atoms with Gasteiger partial charge in [-0.25, -0.2) is 18.1 Å². The molecule has 1 amide bonds. The fraction of sp³-hybridized carbons (Fsp3) is 0.0909. The van der Waals surface area contributed by atoms with E-state index in [1.54, 1.807) is 28.9 Å². The van der Waals surface area contributed by atoms with Crippen molar-refractivity contribution in [2.75, 3.05) is 16.8 Å². The van der Waals surface area contributed by atoms with Crippen molar-refractivity contribution in [3.63, 3.8) is 0 Å². The van der Waals surface area contributed by atoms with E-state index in [1.165, 1.54) is 30.6 Å². The van der Waals surface area contributed by atoms with Crippen LogP contribution in [0.4, 0.5) is 5.69 Å². The molecule has 0 radical (unpaired) electrons. The second kappa shape index (κ2) is 8.49. The first-order chi connectivity index (χ1) is 15.0. The van der Waals surface area contributed by atoms with Crippen molar-refractivity contribution < 1.29 is 17.9 Å². The second-order valence-electron chi connectivity index (χ2n) is 6.63. The van der Waals surface area contributed by atoms with Crippen LogP contribution in [0.1, 0.15) is 17.3 Å². The first-order valence-electron chi connectivity index (χ1n) is 9.55. The third-order valence-corrected chi connectivity index (χ3v) is 5.92. The SMILES string of the molecule is CCOc1ccc(S(=O)(=O)Nc2ccc(C(=O)Nn3cnc4ccccc43)cc2)cc1. The predicted molar refractivity (Wildman–Crippen MR) is 118 cm³/mol. The van der Waals surface area contributed by atoms with Crippen LogP contribution in [0, 0.1) is 0 Å². The smallest absolute Gasteiger partial charge is 0.270 e. The Labute approximate surface area is 179 Å². The zero-order valence-corrected chi connectivity index (χ0v) is 17.5. The molecule has 1 heterocycles. The summed E-state index contributed by atoms with van der Waals surface area (Å²) in [5, 5.41) is 0. The number of benzene rings is 3. The third kappa shape index (κ3) is 4.51. The van der Waals surface area contributed by atoms with E-state index in [0.29, 0.717) is 23.6 Å². The Hall–Kier alpha value is -3.85. The Kier molecular flexibility index (Phi) is 5.59. The highest BCUT2D eigenvalue weighted by atomic mass is 32.2. The summed E-state index contributed by atoms with van der Waals surface area (Å²) in [6.45, 7) is 2.36. The Bertz CT molecular complexity index is 1310. The van der Waals surface area contributed by atoms with E-state index in [4.69, 9.17) is 4.74 Å². The van der Waals surface area contributed by atoms with Crippen LogP contribution in [0.2, 0.25) is 0 Å². The number of sulfonamides is 1. The van der Waals surface area contributed by atoms with E-state index in [2.05, 4.69) is 15.1 Å². The minimum absolute atomic E-state index is 0.116. The summed E-state index contributed by atoms with van der Waals surface area (Å²) in [7, 11) is -3.76. The summed E-state index contributed by atoms with van der Waals surface area (Å²) in [6.07, 6.45) is 1.53. The number of nitrogens with zero attached hydrogens (tertiary/aromatic N) is 2. The summed E-state index contributed by atoms with van der Waals surface area (Å²) in [4.78, 5) is 16.9. The van der Waals surface area contributed by atoms with Gasteiger partial charge in [0.1, 0.15) is 12.1 Å². The number of hydrogen-bond donors (Lipinski definition) is 2. The number of ether oxygens (including phenoxy) is 1. The first kappa shape index (κ1) is 20.4. The predicted octanol–water partition coefficient (Wildman–Crippen LogP) is 3.62. The monoisotopic (exact) mass is 436 g/mol. The molecule has 31 heavy (non-hydrogen) atoms. The molecule has 4 aromatic rings. The van der Waals surface area contributed by atoms with E-state index in [9.17, 15) is 13.2 Å². The fourth-order valence-electron chi connectivity index (χ4n) is 3.01. The Balaban J connectivity index is 1.45. The zero-order valence-electron chi connectivity index (χ0n) is 16.6. The van der Waals surface area contributed by atoms with Crippen molar-refractivity contribution in [3.8, 4) is 5.75 Å². The van der Waals surface area contributed by atoms with Gasteiger partial charge in [-0.1, -0.05) is 12.1 Å². The van der Waals surface area contributed by atoms with E-state index >= 15 is 0 Å². The van der Waals surface area contributed by atoms with E-state index in [1.807, 2.05) is 31.2 Å². The molecule has 8 nitrogen and oxygen atoms in total. The Morgan fingerprint density at radius 1 is 1.00 bits per heavy atom. The van der Waals surface area contributed by atoms with Gasteiger partial charge in [-0.05, 0) is 67.6 Å². The summed E-state index contributed by atoms with van der Waals surface area (Å²) >= 11 is 0. The van der Waals surface area contributed by atoms with E-state index < -0.39 is 10.0 Å². The molecule has 4 rings (SSSR count). The lowest BCUT2D eigenvalue weighted by atomic mass is 10.2. The second-order valence-corrected chi connectivity index (χ2v) is 8.31. The molecule has 0 saturated carbocycles. The summed E-state index contributed by atoms with van der Waals surface area (Å²) in [5.41, 5.74) is 5.02. The molecule has 9 heteroatoms. The molecule has 0 bridgehead atoms. The number of aromatic nitrogens is 2. The van der Waals surface area contributed by atoms with E-state index in [-0.39, 0.29) is 10.8 Å². The number of para-hydroxylation sites is 2. The van der Waals surface area contributed by atoms with Crippen LogP contribution in [0.3, 0.4) is 0 Å². The van der Waals surface area contributed by atoms with Crippen molar-refractivity contribution >= 4 is 32.7 Å². The molecule has 0 spiro atoms. The molecule has 0 aliphatic carbocycles. The standard InChI is InChI=1S/C22H20N4O4S/c1-2-30-18-11-13-19(14-12-18)31(28,29)25-17-9-7-16(8-10-17)22(27)24-26-15-23-20-5-3-4-6-21(20)26/h3-15,25H,2H2,1H3,(H,24,27). The van der Waals surface area contributed by atoms with Crippen molar-refractivity contribution in [1.82, 2.24) is 9.66 Å². The normalized spacial score (nSPS) is 11.3. The molecule has 0 saturated heterocycles. The molecule has 0 fully saturated rings. The molecule has 158 valence electrons. The van der Waals surface area contributed by atoms with Crippen LogP contribution in [0.25, 0.3) is 11.0 Å². The number of amides is 1. The number of carbonyl (C=O) groups is 1. The largest absolute Gasteiger partial charge is 0.494 e. The average Bonchev–Trinajstić information content (AvgIpc) is 3.17. The van der Waals surface area contributed by atoms with Gasteiger partial charge in [0.25, 0.3) is 15.9 Å². The first-order valence-corrected chi connectivity index (χ1v) is 11.0. The maximum atomic E-state index is 12.6. The number of anilines is 1. The average molecular weight is 436 g/mol. The number of fused-ring (bicyclic) bond motifs is 1. The van der Waals surface area contributed by atoms with Crippen LogP contribution < -0.4 is 14.9 Å². The van der Waals surface area contributed by atoms with Gasteiger partial charge in [-0.3, -0.25) is 14.9 Å². The van der Waals surface area contributed by atoms with Crippen LogP contribution in [-0.4, -0.2) is 30.6 Å². The van der Waals surface area contributed by atoms with Crippen LogP contribution in [-0.2, 0) is 10.0 Å². The fourth-order valence-corrected chi connectivity index (χ4v) is 4.07. The molecular formula is C22H20N4O4S. The number of rotatable bonds is 7. The van der Waals surface area contributed by atoms with Crippen molar-refractivity contribution in [1.29, 1.82) is 0 Å². The van der Waals surface area contributed by atoms with Gasteiger partial charge in [0.05, 0.1) is 22.5 Å². The molecule has 0 aliphatic heterocycles. The molecule has 2 N–H and O–H groups in total. The van der Waals surface area contributed by atoms with Gasteiger partial charge in [0.15, 0.2) is 0 Å². The number of carbonyl (C=O) groups excluding carboxylic acids is 1. The van der Waals surface area contributed by atoms with Crippen molar-refractivity contribution in [2.24, 2.45) is 0 Å². The highest BCUT2D eigenvalue weighted by molar-refractivity contribution is 7.92. The lowest BCUT2D eigenvalue weighted by Gasteiger charge is -2.10. The lowest BCUT2D eigenvalue weighted by molar-refractivity contribution is 0.101. The topological polar surface area (TPSA) is 102 Å². The van der Waals surface area contributed by atoms with Crippen LogP contribution in [0.15, 0.2) is 84.0 Å². The summed E-state index contributed by atoms with van der Waals surface area (Å²) in [5.74, 6) is 0.256. The van der Waals surface area contributed by atoms with Crippen molar-refractivity contribution in [2.45, 2.75) is 11.8 Å². The molecular weight excluding hydrogens is 416 g/mol. The maximum absolute atomic E-state index is 12.6. The van der Waals surface area contributed by atoms with Gasteiger partial charge >= 0.3 is 0 Å². The maximum Gasteiger partial charge on any atom is 0.270 e. The van der Waals surface area contributed by atoms with Gasteiger partial charge in [0, 0.05) is 11.3 Å².